The van der Waals surface area contributed by atoms with E-state index in [9.17, 15) is 5.11 Å². The van der Waals surface area contributed by atoms with Crippen LogP contribution in [0.1, 0.15) is 34.6 Å². The van der Waals surface area contributed by atoms with Gasteiger partial charge in [-0.1, -0.05) is 33.2 Å². The van der Waals surface area contributed by atoms with Crippen molar-refractivity contribution in [1.29, 1.82) is 0 Å². The lowest BCUT2D eigenvalue weighted by Crippen LogP contribution is -2.66. The Morgan fingerprint density at radius 2 is 1.30 bits per heavy atom. The fraction of sp³-hybridized carbons (Fsp3) is 0.600. The van der Waals surface area contributed by atoms with Crippen LogP contribution in [0.25, 0.3) is 0 Å². The Morgan fingerprint density at radius 3 is 1.52 bits per heavy atom. The zero-order chi connectivity index (χ0) is 22.0. The van der Waals surface area contributed by atoms with E-state index >= 15 is 17.6 Å². The molecule has 0 radical (unpaired) electrons. The van der Waals surface area contributed by atoms with Crippen LogP contribution in [0, 0.1) is 5.92 Å². The molecule has 0 saturated heterocycles. The standard InChI is InChI=1S/C20H31F4NO2/c1-12(2)17(21,16(9)11-26)19(23,14(5)6)27-20(24,15(7)8)18(22,25-10)13(3)4/h16,25-26H,1,3,5,7,11H2,2,4,6,8-10H3. The maximum atomic E-state index is 16.1. The van der Waals surface area contributed by atoms with Crippen LogP contribution in [0.4, 0.5) is 17.6 Å². The number of likely N-dealkylation sites (N-methyl/N-ethyl adjacent to an activating group) is 1. The van der Waals surface area contributed by atoms with E-state index in [0.717, 1.165) is 34.7 Å². The summed E-state index contributed by atoms with van der Waals surface area (Å²) in [5.74, 6) is -11.6. The minimum atomic E-state index is -3.57. The maximum Gasteiger partial charge on any atom is 0.285 e. The SMILES string of the molecule is C=C(C)C(F)(NC)C(F)(OC(F)(C(=C)C)C(F)(C(=C)C)C(C)CO)C(=C)C. The lowest BCUT2D eigenvalue weighted by atomic mass is 9.76. The minimum Gasteiger partial charge on any atom is -0.396 e. The molecule has 0 bridgehead atoms. The number of aliphatic hydroxyl groups is 1. The Morgan fingerprint density at radius 1 is 0.889 bits per heavy atom. The van der Waals surface area contributed by atoms with Crippen molar-refractivity contribution in [3.63, 3.8) is 0 Å². The third-order valence-electron chi connectivity index (χ3n) is 4.80. The number of aliphatic hydroxyl groups excluding tert-OH is 1. The first kappa shape index (κ1) is 25.6. The molecule has 0 aromatic rings. The molecule has 0 spiro atoms. The molecule has 0 amide bonds. The van der Waals surface area contributed by atoms with Crippen LogP contribution in [0.2, 0.25) is 0 Å². The number of halogens is 4. The molecule has 2 N–H and O–H groups in total. The van der Waals surface area contributed by atoms with Gasteiger partial charge in [0.1, 0.15) is 0 Å². The van der Waals surface area contributed by atoms with Gasteiger partial charge in [-0.3, -0.25) is 10.1 Å². The molecule has 0 heterocycles. The maximum absolute atomic E-state index is 16.1. The van der Waals surface area contributed by atoms with E-state index < -0.39 is 46.8 Å². The van der Waals surface area contributed by atoms with Crippen molar-refractivity contribution in [2.45, 2.75) is 57.8 Å². The van der Waals surface area contributed by atoms with Crippen LogP contribution in [-0.4, -0.2) is 41.9 Å². The predicted octanol–water partition coefficient (Wildman–Crippen LogP) is 4.86. The summed E-state index contributed by atoms with van der Waals surface area (Å²) in [6.45, 7) is 18.4. The molecule has 0 aromatic heterocycles. The zero-order valence-electron chi connectivity index (χ0n) is 17.0. The summed E-state index contributed by atoms with van der Waals surface area (Å²) in [4.78, 5) is 0. The predicted molar refractivity (Wildman–Crippen MR) is 101 cm³/mol. The fourth-order valence-electron chi connectivity index (χ4n) is 2.90. The summed E-state index contributed by atoms with van der Waals surface area (Å²) in [6.07, 6.45) is 0. The number of alkyl halides is 4. The van der Waals surface area contributed by atoms with Gasteiger partial charge < -0.3 is 5.11 Å². The molecule has 0 aliphatic rings. The van der Waals surface area contributed by atoms with Gasteiger partial charge in [-0.2, -0.15) is 0 Å². The second-order valence-corrected chi connectivity index (χ2v) is 7.12. The first-order valence-corrected chi connectivity index (χ1v) is 8.42. The Hall–Kier alpha value is -1.44. The molecule has 0 aromatic carbocycles. The lowest BCUT2D eigenvalue weighted by Gasteiger charge is -2.49. The lowest BCUT2D eigenvalue weighted by molar-refractivity contribution is -0.322. The van der Waals surface area contributed by atoms with Gasteiger partial charge in [0, 0.05) is 12.5 Å². The molecule has 156 valence electrons. The normalized spacial score (nSPS) is 21.7. The van der Waals surface area contributed by atoms with Crippen molar-refractivity contribution in [3.8, 4) is 0 Å². The quantitative estimate of drug-likeness (QED) is 0.299. The van der Waals surface area contributed by atoms with Crippen LogP contribution in [0.5, 0.6) is 0 Å². The van der Waals surface area contributed by atoms with Gasteiger partial charge >= 0.3 is 0 Å². The topological polar surface area (TPSA) is 41.5 Å². The number of hydrogen-bond donors (Lipinski definition) is 2. The molecule has 0 aliphatic heterocycles. The van der Waals surface area contributed by atoms with Crippen LogP contribution in [0.15, 0.2) is 48.6 Å². The highest BCUT2D eigenvalue weighted by Gasteiger charge is 2.67. The molecule has 0 fully saturated rings. The molecule has 7 heteroatoms. The third-order valence-corrected chi connectivity index (χ3v) is 4.80. The Kier molecular flexibility index (Phi) is 7.84. The van der Waals surface area contributed by atoms with E-state index in [1.54, 1.807) is 0 Å². The number of hydrogen-bond acceptors (Lipinski definition) is 3. The van der Waals surface area contributed by atoms with E-state index in [1.807, 2.05) is 0 Å². The molecule has 0 saturated carbocycles. The number of nitrogens with one attached hydrogen (secondary N) is 1. The smallest absolute Gasteiger partial charge is 0.285 e. The highest BCUT2D eigenvalue weighted by Crippen LogP contribution is 2.52. The van der Waals surface area contributed by atoms with Gasteiger partial charge in [-0.15, -0.1) is 0 Å². The van der Waals surface area contributed by atoms with Crippen molar-refractivity contribution in [2.75, 3.05) is 13.7 Å². The molecule has 5 atom stereocenters. The molecule has 0 rings (SSSR count). The van der Waals surface area contributed by atoms with Crippen molar-refractivity contribution < 1.29 is 27.4 Å². The van der Waals surface area contributed by atoms with Gasteiger partial charge in [0.05, 0.1) is 0 Å². The van der Waals surface area contributed by atoms with Crippen molar-refractivity contribution in [2.24, 2.45) is 5.92 Å². The average Bonchev–Trinajstić information content (AvgIpc) is 2.57. The summed E-state index contributed by atoms with van der Waals surface area (Å²) >= 11 is 0. The molecule has 27 heavy (non-hydrogen) atoms. The summed E-state index contributed by atoms with van der Waals surface area (Å²) < 4.78 is 68.2. The van der Waals surface area contributed by atoms with Crippen molar-refractivity contribution in [3.05, 3.63) is 48.6 Å². The van der Waals surface area contributed by atoms with Crippen molar-refractivity contribution in [1.82, 2.24) is 5.32 Å². The molecular weight excluding hydrogens is 362 g/mol. The van der Waals surface area contributed by atoms with E-state index in [2.05, 4.69) is 31.6 Å². The van der Waals surface area contributed by atoms with Crippen LogP contribution < -0.4 is 5.32 Å². The van der Waals surface area contributed by atoms with Crippen LogP contribution in [0.3, 0.4) is 0 Å². The fourth-order valence-corrected chi connectivity index (χ4v) is 2.90. The van der Waals surface area contributed by atoms with Crippen LogP contribution in [-0.2, 0) is 4.74 Å². The first-order valence-electron chi connectivity index (χ1n) is 8.42. The summed E-state index contributed by atoms with van der Waals surface area (Å²) in [5.41, 5.74) is -5.01. The minimum absolute atomic E-state index is 0.380. The molecule has 3 nitrogen and oxygen atoms in total. The van der Waals surface area contributed by atoms with E-state index in [0.29, 0.717) is 0 Å². The van der Waals surface area contributed by atoms with E-state index in [-0.39, 0.29) is 11.1 Å². The average molecular weight is 393 g/mol. The van der Waals surface area contributed by atoms with E-state index in [1.165, 1.54) is 6.92 Å². The van der Waals surface area contributed by atoms with Gasteiger partial charge in [-0.05, 0) is 57.0 Å². The summed E-state index contributed by atoms with van der Waals surface area (Å²) in [7, 11) is 1.08. The largest absolute Gasteiger partial charge is 0.396 e. The van der Waals surface area contributed by atoms with Crippen LogP contribution >= 0.6 is 0 Å². The molecule has 0 aliphatic carbocycles. The Labute approximate surface area is 159 Å². The number of rotatable bonds is 11. The first-order chi connectivity index (χ1) is 12.0. The highest BCUT2D eigenvalue weighted by atomic mass is 19.2. The zero-order valence-corrected chi connectivity index (χ0v) is 17.0. The van der Waals surface area contributed by atoms with E-state index in [4.69, 9.17) is 4.74 Å². The summed E-state index contributed by atoms with van der Waals surface area (Å²) in [5, 5.41) is 11.5. The second kappa shape index (κ2) is 8.29. The van der Waals surface area contributed by atoms with Gasteiger partial charge in [0.2, 0.25) is 5.79 Å². The third kappa shape index (κ3) is 3.77. The molecular formula is C20H31F4NO2. The van der Waals surface area contributed by atoms with Crippen molar-refractivity contribution >= 4 is 0 Å². The van der Waals surface area contributed by atoms with Gasteiger partial charge in [-0.25, -0.2) is 17.6 Å². The Balaban J connectivity index is 6.86. The Bertz CT molecular complexity index is 637. The number of ether oxygens (including phenoxy) is 1. The highest BCUT2D eigenvalue weighted by molar-refractivity contribution is 5.31. The van der Waals surface area contributed by atoms with Gasteiger partial charge in [0.15, 0.2) is 5.67 Å². The summed E-state index contributed by atoms with van der Waals surface area (Å²) in [6, 6.07) is 0. The van der Waals surface area contributed by atoms with Gasteiger partial charge in [0.25, 0.3) is 11.7 Å². The second-order valence-electron chi connectivity index (χ2n) is 7.12. The monoisotopic (exact) mass is 393 g/mol. The molecule has 5 unspecified atom stereocenters.